The molecule has 0 bridgehead atoms. The van der Waals surface area contributed by atoms with Gasteiger partial charge in [0, 0.05) is 16.5 Å². The van der Waals surface area contributed by atoms with Gasteiger partial charge >= 0.3 is 0 Å². The molecule has 0 saturated heterocycles. The second-order valence-electron chi connectivity index (χ2n) is 13.3. The maximum absolute atomic E-state index is 2.46. The molecule has 0 aliphatic rings. The van der Waals surface area contributed by atoms with Crippen molar-refractivity contribution in [2.75, 3.05) is 0 Å². The second kappa shape index (κ2) is 10.0. The van der Waals surface area contributed by atoms with Crippen LogP contribution in [0.4, 0.5) is 0 Å². The van der Waals surface area contributed by atoms with E-state index in [-0.39, 0.29) is 0 Å². The standard InChI is InChI=1S/C48H29N/c1-3-16-35-33(14-1)34-15-2-4-17-36(34)44-29-46-39-25-24-31(27-42(39)37-18-5-6-19-38(37)45(46)28-43(35)44)30-12-11-13-32(26-30)49-47-22-9-7-20-40(47)41-21-8-10-23-48(41)49/h1-29H. The van der Waals surface area contributed by atoms with Crippen LogP contribution in [0.5, 0.6) is 0 Å². The summed E-state index contributed by atoms with van der Waals surface area (Å²) < 4.78 is 2.40. The van der Waals surface area contributed by atoms with Gasteiger partial charge in [0.15, 0.2) is 0 Å². The fraction of sp³-hybridized carbons (Fsp3) is 0. The van der Waals surface area contributed by atoms with Crippen molar-refractivity contribution < 1.29 is 0 Å². The molecule has 0 spiro atoms. The zero-order valence-corrected chi connectivity index (χ0v) is 26.7. The van der Waals surface area contributed by atoms with Crippen LogP contribution in [0, 0.1) is 0 Å². The molecule has 11 rings (SSSR count). The summed E-state index contributed by atoms with van der Waals surface area (Å²) in [6.07, 6.45) is 0. The van der Waals surface area contributed by atoms with Gasteiger partial charge in [-0.1, -0.05) is 133 Å². The third-order valence-electron chi connectivity index (χ3n) is 10.7. The van der Waals surface area contributed by atoms with Crippen LogP contribution in [-0.4, -0.2) is 4.57 Å². The lowest BCUT2D eigenvalue weighted by molar-refractivity contribution is 1.18. The second-order valence-corrected chi connectivity index (χ2v) is 13.3. The minimum absolute atomic E-state index is 1.17. The Balaban J connectivity index is 1.18. The molecule has 0 fully saturated rings. The SMILES string of the molecule is c1cc(-c2ccc3c(c2)c2ccccc2c2cc4c5ccccc5c5ccccc5c4cc32)cc(-n2c3ccccc3c3ccccc32)c1. The largest absolute Gasteiger partial charge is 0.309 e. The van der Waals surface area contributed by atoms with E-state index in [4.69, 9.17) is 0 Å². The number of para-hydroxylation sites is 2. The van der Waals surface area contributed by atoms with Crippen LogP contribution >= 0.6 is 0 Å². The lowest BCUT2D eigenvalue weighted by Gasteiger charge is -2.16. The van der Waals surface area contributed by atoms with E-state index in [0.717, 1.165) is 0 Å². The number of hydrogen-bond donors (Lipinski definition) is 0. The van der Waals surface area contributed by atoms with Gasteiger partial charge in [-0.25, -0.2) is 0 Å². The van der Waals surface area contributed by atoms with Gasteiger partial charge < -0.3 is 4.57 Å². The van der Waals surface area contributed by atoms with Gasteiger partial charge in [-0.3, -0.25) is 0 Å². The first-order chi connectivity index (χ1) is 24.3. The number of aromatic nitrogens is 1. The van der Waals surface area contributed by atoms with E-state index >= 15 is 0 Å². The smallest absolute Gasteiger partial charge is 0.0541 e. The Kier molecular flexibility index (Phi) is 5.45. The van der Waals surface area contributed by atoms with E-state index in [9.17, 15) is 0 Å². The highest BCUT2D eigenvalue weighted by Crippen LogP contribution is 2.43. The van der Waals surface area contributed by atoms with Crippen molar-refractivity contribution in [2.24, 2.45) is 0 Å². The molecule has 10 aromatic carbocycles. The molecule has 1 aromatic heterocycles. The first-order valence-electron chi connectivity index (χ1n) is 17.0. The van der Waals surface area contributed by atoms with E-state index in [1.807, 2.05) is 0 Å². The first kappa shape index (κ1) is 26.6. The summed E-state index contributed by atoms with van der Waals surface area (Å²) in [6.45, 7) is 0. The Morgan fingerprint density at radius 3 is 1.08 bits per heavy atom. The van der Waals surface area contributed by atoms with Crippen molar-refractivity contribution in [2.45, 2.75) is 0 Å². The van der Waals surface area contributed by atoms with Crippen molar-refractivity contribution in [3.05, 3.63) is 176 Å². The highest BCUT2D eigenvalue weighted by Gasteiger charge is 2.16. The van der Waals surface area contributed by atoms with Crippen LogP contribution in [0.15, 0.2) is 176 Å². The Morgan fingerprint density at radius 1 is 0.224 bits per heavy atom. The molecule has 0 amide bonds. The quantitative estimate of drug-likeness (QED) is 0.134. The number of fused-ring (bicyclic) bond motifs is 15. The minimum atomic E-state index is 1.17. The first-order valence-corrected chi connectivity index (χ1v) is 17.0. The summed E-state index contributed by atoms with van der Waals surface area (Å²) >= 11 is 0. The lowest BCUT2D eigenvalue weighted by atomic mass is 9.88. The Hall–Kier alpha value is -6.44. The summed E-state index contributed by atoms with van der Waals surface area (Å²) in [5, 5.41) is 18.1. The fourth-order valence-electron chi connectivity index (χ4n) is 8.56. The third-order valence-corrected chi connectivity index (χ3v) is 10.7. The zero-order valence-electron chi connectivity index (χ0n) is 26.7. The van der Waals surface area contributed by atoms with Gasteiger partial charge in [-0.15, -0.1) is 0 Å². The van der Waals surface area contributed by atoms with Crippen molar-refractivity contribution in [3.63, 3.8) is 0 Å². The molecule has 0 unspecified atom stereocenters. The van der Waals surface area contributed by atoms with Crippen molar-refractivity contribution in [3.8, 4) is 16.8 Å². The van der Waals surface area contributed by atoms with Crippen LogP contribution in [0.2, 0.25) is 0 Å². The van der Waals surface area contributed by atoms with Gasteiger partial charge in [-0.05, 0) is 118 Å². The molecule has 0 atom stereocenters. The zero-order chi connectivity index (χ0) is 32.1. The Bertz CT molecular complexity index is 3110. The van der Waals surface area contributed by atoms with Gasteiger partial charge in [0.25, 0.3) is 0 Å². The normalized spacial score (nSPS) is 12.1. The number of rotatable bonds is 2. The van der Waals surface area contributed by atoms with Crippen molar-refractivity contribution >= 4 is 86.4 Å². The molecule has 0 saturated carbocycles. The summed E-state index contributed by atoms with van der Waals surface area (Å²) in [4.78, 5) is 0. The van der Waals surface area contributed by atoms with Gasteiger partial charge in [-0.2, -0.15) is 0 Å². The van der Waals surface area contributed by atoms with Crippen molar-refractivity contribution in [1.82, 2.24) is 4.57 Å². The maximum Gasteiger partial charge on any atom is 0.0541 e. The predicted octanol–water partition coefficient (Wildman–Crippen LogP) is 13.4. The molecule has 226 valence electrons. The van der Waals surface area contributed by atoms with E-state index < -0.39 is 0 Å². The Labute approximate surface area is 282 Å². The lowest BCUT2D eigenvalue weighted by Crippen LogP contribution is -1.94. The molecule has 49 heavy (non-hydrogen) atoms. The maximum atomic E-state index is 2.46. The summed E-state index contributed by atoms with van der Waals surface area (Å²) in [5.41, 5.74) is 6.05. The molecule has 1 heterocycles. The Morgan fingerprint density at radius 2 is 0.592 bits per heavy atom. The highest BCUT2D eigenvalue weighted by molar-refractivity contribution is 6.33. The average molecular weight is 620 g/mol. The molecule has 0 aliphatic carbocycles. The van der Waals surface area contributed by atoms with Crippen molar-refractivity contribution in [1.29, 1.82) is 0 Å². The minimum Gasteiger partial charge on any atom is -0.309 e. The third kappa shape index (κ3) is 3.76. The molecule has 1 nitrogen and oxygen atoms in total. The number of nitrogens with zero attached hydrogens (tertiary/aromatic N) is 1. The summed E-state index contributed by atoms with van der Waals surface area (Å²) in [5.74, 6) is 0. The van der Waals surface area contributed by atoms with Crippen LogP contribution in [0.3, 0.4) is 0 Å². The molecular weight excluding hydrogens is 591 g/mol. The van der Waals surface area contributed by atoms with E-state index in [1.54, 1.807) is 0 Å². The fourth-order valence-corrected chi connectivity index (χ4v) is 8.56. The topological polar surface area (TPSA) is 4.93 Å². The molecular formula is C48H29N. The average Bonchev–Trinajstić information content (AvgIpc) is 3.52. The van der Waals surface area contributed by atoms with Crippen LogP contribution in [-0.2, 0) is 0 Å². The monoisotopic (exact) mass is 619 g/mol. The highest BCUT2D eigenvalue weighted by atomic mass is 15.0. The predicted molar refractivity (Wildman–Crippen MR) is 211 cm³/mol. The molecule has 11 aromatic rings. The van der Waals surface area contributed by atoms with E-state index in [1.165, 1.54) is 103 Å². The van der Waals surface area contributed by atoms with E-state index in [0.29, 0.717) is 0 Å². The van der Waals surface area contributed by atoms with Gasteiger partial charge in [0.05, 0.1) is 11.0 Å². The molecule has 0 aliphatic heterocycles. The number of hydrogen-bond acceptors (Lipinski definition) is 0. The number of benzene rings is 10. The van der Waals surface area contributed by atoms with Crippen LogP contribution in [0.1, 0.15) is 0 Å². The van der Waals surface area contributed by atoms with Crippen LogP contribution < -0.4 is 0 Å². The summed E-state index contributed by atoms with van der Waals surface area (Å²) in [6, 6.07) is 65.1. The van der Waals surface area contributed by atoms with Gasteiger partial charge in [0.1, 0.15) is 0 Å². The van der Waals surface area contributed by atoms with E-state index in [2.05, 4.69) is 180 Å². The molecule has 0 radical (unpaired) electrons. The van der Waals surface area contributed by atoms with Crippen LogP contribution in [0.25, 0.3) is 103 Å². The molecule has 1 heteroatoms. The molecule has 0 N–H and O–H groups in total. The van der Waals surface area contributed by atoms with Gasteiger partial charge in [0.2, 0.25) is 0 Å². The summed E-state index contributed by atoms with van der Waals surface area (Å²) in [7, 11) is 0.